The zero-order chi connectivity index (χ0) is 20.3. The van der Waals surface area contributed by atoms with Crippen molar-refractivity contribution in [2.75, 3.05) is 19.4 Å². The lowest BCUT2D eigenvalue weighted by Crippen LogP contribution is -2.22. The number of carbonyl (C=O) groups excluding carboxylic acids is 1. The molecular weight excluding hydrogens is 394 g/mol. The first-order valence-electron chi connectivity index (χ1n) is 8.70. The van der Waals surface area contributed by atoms with Crippen LogP contribution in [0.1, 0.15) is 22.8 Å². The molecule has 0 unspecified atom stereocenters. The highest BCUT2D eigenvalue weighted by Crippen LogP contribution is 2.26. The molecule has 28 heavy (non-hydrogen) atoms. The number of amides is 1. The second-order valence-electron chi connectivity index (χ2n) is 6.35. The molecule has 0 aliphatic carbocycles. The van der Waals surface area contributed by atoms with Gasteiger partial charge in [-0.2, -0.15) is 0 Å². The molecule has 1 heterocycles. The van der Waals surface area contributed by atoms with E-state index in [2.05, 4.69) is 17.2 Å². The number of nitrogens with one attached hydrogen (secondary N) is 1. The molecule has 0 saturated heterocycles. The van der Waals surface area contributed by atoms with Crippen LogP contribution in [-0.2, 0) is 16.4 Å². The molecule has 0 aliphatic rings. The van der Waals surface area contributed by atoms with Crippen molar-refractivity contribution in [3.63, 3.8) is 0 Å². The highest BCUT2D eigenvalue weighted by atomic mass is 32.2. The molecule has 1 N–H and O–H groups in total. The summed E-state index contributed by atoms with van der Waals surface area (Å²) < 4.78 is 25.5. The molecule has 3 aromatic rings. The Hall–Kier alpha value is -2.55. The molecule has 0 fully saturated rings. The molecule has 1 amide bonds. The van der Waals surface area contributed by atoms with E-state index < -0.39 is 10.0 Å². The smallest absolute Gasteiger partial charge is 0.257 e. The Morgan fingerprint density at radius 1 is 1.07 bits per heavy atom. The van der Waals surface area contributed by atoms with E-state index in [0.717, 1.165) is 12.0 Å². The van der Waals surface area contributed by atoms with Gasteiger partial charge in [-0.3, -0.25) is 10.1 Å². The van der Waals surface area contributed by atoms with Gasteiger partial charge < -0.3 is 0 Å². The Balaban J connectivity index is 1.74. The third-order valence-electron chi connectivity index (χ3n) is 4.28. The molecular formula is C20H21N3O3S2. The van der Waals surface area contributed by atoms with Gasteiger partial charge in [0.2, 0.25) is 10.0 Å². The number of carbonyl (C=O) groups is 1. The van der Waals surface area contributed by atoms with Crippen molar-refractivity contribution in [1.82, 2.24) is 9.29 Å². The second-order valence-corrected chi connectivity index (χ2v) is 9.36. The van der Waals surface area contributed by atoms with Crippen LogP contribution in [0.3, 0.4) is 0 Å². The predicted octanol–water partition coefficient (Wildman–Crippen LogP) is 3.88. The summed E-state index contributed by atoms with van der Waals surface area (Å²) in [6, 6.07) is 14.0. The van der Waals surface area contributed by atoms with Crippen LogP contribution in [0.4, 0.5) is 5.13 Å². The van der Waals surface area contributed by atoms with E-state index in [9.17, 15) is 13.2 Å². The highest BCUT2D eigenvalue weighted by Gasteiger charge is 2.17. The Kier molecular flexibility index (Phi) is 5.93. The van der Waals surface area contributed by atoms with Gasteiger partial charge in [0.25, 0.3) is 5.91 Å². The summed E-state index contributed by atoms with van der Waals surface area (Å²) in [6.45, 7) is 2.06. The average Bonchev–Trinajstić information content (AvgIpc) is 3.16. The third kappa shape index (κ3) is 4.30. The number of thiazole rings is 1. The van der Waals surface area contributed by atoms with E-state index in [1.54, 1.807) is 36.4 Å². The van der Waals surface area contributed by atoms with Gasteiger partial charge in [-0.15, -0.1) is 11.3 Å². The maximum absolute atomic E-state index is 12.4. The lowest BCUT2D eigenvalue weighted by molar-refractivity contribution is 0.102. The van der Waals surface area contributed by atoms with E-state index >= 15 is 0 Å². The Morgan fingerprint density at radius 2 is 1.71 bits per heavy atom. The van der Waals surface area contributed by atoms with Crippen LogP contribution in [0.15, 0.2) is 58.8 Å². The van der Waals surface area contributed by atoms with Crippen molar-refractivity contribution in [2.45, 2.75) is 18.2 Å². The zero-order valence-electron chi connectivity index (χ0n) is 15.8. The maximum atomic E-state index is 12.4. The molecule has 0 spiro atoms. The molecule has 0 bridgehead atoms. The van der Waals surface area contributed by atoms with Gasteiger partial charge in [-0.05, 0) is 36.2 Å². The van der Waals surface area contributed by atoms with E-state index in [-0.39, 0.29) is 10.8 Å². The van der Waals surface area contributed by atoms with Gasteiger partial charge in [-0.1, -0.05) is 31.2 Å². The second kappa shape index (κ2) is 8.22. The van der Waals surface area contributed by atoms with Crippen LogP contribution in [0.25, 0.3) is 11.3 Å². The topological polar surface area (TPSA) is 79.4 Å². The van der Waals surface area contributed by atoms with Crippen molar-refractivity contribution < 1.29 is 13.2 Å². The summed E-state index contributed by atoms with van der Waals surface area (Å²) in [7, 11) is -0.475. The van der Waals surface area contributed by atoms with E-state index in [1.807, 2.05) is 17.5 Å². The first-order valence-corrected chi connectivity index (χ1v) is 11.0. The van der Waals surface area contributed by atoms with Crippen molar-refractivity contribution in [3.05, 3.63) is 65.0 Å². The minimum atomic E-state index is -3.46. The molecule has 0 saturated carbocycles. The van der Waals surface area contributed by atoms with Crippen LogP contribution in [0.5, 0.6) is 0 Å². The summed E-state index contributed by atoms with van der Waals surface area (Å²) in [5.74, 6) is -0.212. The fourth-order valence-corrected chi connectivity index (χ4v) is 4.15. The number of anilines is 1. The van der Waals surface area contributed by atoms with E-state index in [1.165, 1.54) is 35.3 Å². The molecule has 0 radical (unpaired) electrons. The van der Waals surface area contributed by atoms with Crippen LogP contribution in [0, 0.1) is 0 Å². The van der Waals surface area contributed by atoms with E-state index in [4.69, 9.17) is 0 Å². The fourth-order valence-electron chi connectivity index (χ4n) is 2.53. The van der Waals surface area contributed by atoms with Gasteiger partial charge in [0.1, 0.15) is 0 Å². The first-order chi connectivity index (χ1) is 13.3. The summed E-state index contributed by atoms with van der Waals surface area (Å²) >= 11 is 1.32. The monoisotopic (exact) mass is 415 g/mol. The van der Waals surface area contributed by atoms with Gasteiger partial charge in [0.15, 0.2) is 5.13 Å². The summed E-state index contributed by atoms with van der Waals surface area (Å²) in [5, 5.41) is 5.12. The minimum Gasteiger partial charge on any atom is -0.298 e. The lowest BCUT2D eigenvalue weighted by atomic mass is 10.1. The summed E-state index contributed by atoms with van der Waals surface area (Å²) in [4.78, 5) is 17.0. The predicted molar refractivity (Wildman–Crippen MR) is 112 cm³/mol. The number of rotatable bonds is 6. The lowest BCUT2D eigenvalue weighted by Gasteiger charge is -2.11. The number of hydrogen-bond acceptors (Lipinski definition) is 5. The van der Waals surface area contributed by atoms with Crippen molar-refractivity contribution in [1.29, 1.82) is 0 Å². The largest absolute Gasteiger partial charge is 0.298 e. The van der Waals surface area contributed by atoms with Crippen LogP contribution < -0.4 is 5.32 Å². The average molecular weight is 416 g/mol. The van der Waals surface area contributed by atoms with Crippen molar-refractivity contribution in [3.8, 4) is 11.3 Å². The minimum absolute atomic E-state index is 0.212. The highest BCUT2D eigenvalue weighted by molar-refractivity contribution is 7.89. The number of hydrogen-bond donors (Lipinski definition) is 1. The molecule has 2 aromatic carbocycles. The summed E-state index contributed by atoms with van der Waals surface area (Å²) in [5.41, 5.74) is 3.21. The standard InChI is InChI=1S/C20H21N3O3S2/c1-4-14-5-7-16(8-6-14)19(24)22-20-21-18(13-27-20)15-9-11-17(12-10-15)28(25,26)23(2)3/h5-13H,4H2,1-3H3,(H,21,22,24). The Bertz CT molecular complexity index is 1070. The number of aromatic nitrogens is 1. The molecule has 8 heteroatoms. The Morgan fingerprint density at radius 3 is 2.29 bits per heavy atom. The van der Waals surface area contributed by atoms with Gasteiger partial charge >= 0.3 is 0 Å². The molecule has 0 atom stereocenters. The van der Waals surface area contributed by atoms with E-state index in [0.29, 0.717) is 16.4 Å². The fraction of sp³-hybridized carbons (Fsp3) is 0.200. The van der Waals surface area contributed by atoms with Crippen molar-refractivity contribution in [2.24, 2.45) is 0 Å². The number of benzene rings is 2. The quantitative estimate of drug-likeness (QED) is 0.663. The Labute approximate surface area is 168 Å². The normalized spacial score (nSPS) is 11.6. The number of aryl methyl sites for hydroxylation is 1. The first kappa shape index (κ1) is 20.2. The molecule has 6 nitrogen and oxygen atoms in total. The van der Waals surface area contributed by atoms with Crippen LogP contribution >= 0.6 is 11.3 Å². The van der Waals surface area contributed by atoms with Gasteiger partial charge in [0.05, 0.1) is 10.6 Å². The van der Waals surface area contributed by atoms with Crippen LogP contribution in [-0.4, -0.2) is 37.7 Å². The zero-order valence-corrected chi connectivity index (χ0v) is 17.5. The van der Waals surface area contributed by atoms with Crippen molar-refractivity contribution >= 4 is 32.4 Å². The molecule has 3 rings (SSSR count). The number of nitrogens with zero attached hydrogens (tertiary/aromatic N) is 2. The van der Waals surface area contributed by atoms with Crippen LogP contribution in [0.2, 0.25) is 0 Å². The SMILES string of the molecule is CCc1ccc(C(=O)Nc2nc(-c3ccc(S(=O)(=O)N(C)C)cc3)cs2)cc1. The number of sulfonamides is 1. The van der Waals surface area contributed by atoms with Gasteiger partial charge in [-0.25, -0.2) is 17.7 Å². The van der Waals surface area contributed by atoms with Gasteiger partial charge in [0, 0.05) is 30.6 Å². The molecule has 146 valence electrons. The molecule has 1 aromatic heterocycles. The molecule has 0 aliphatic heterocycles. The summed E-state index contributed by atoms with van der Waals surface area (Å²) in [6.07, 6.45) is 0.923. The third-order valence-corrected chi connectivity index (χ3v) is 6.86. The maximum Gasteiger partial charge on any atom is 0.257 e.